The molecule has 0 unspecified atom stereocenters. The summed E-state index contributed by atoms with van der Waals surface area (Å²) in [4.78, 5) is 27.9. The number of hydrogen-bond donors (Lipinski definition) is 2. The molecule has 0 bridgehead atoms. The van der Waals surface area contributed by atoms with Crippen LogP contribution in [0.25, 0.3) is 0 Å². The normalized spacial score (nSPS) is 10.4. The van der Waals surface area contributed by atoms with Gasteiger partial charge >= 0.3 is 0 Å². The lowest BCUT2D eigenvalue weighted by Crippen LogP contribution is -2.26. The molecule has 0 aliphatic heterocycles. The van der Waals surface area contributed by atoms with Crippen LogP contribution in [-0.4, -0.2) is 25.9 Å². The van der Waals surface area contributed by atoms with Crippen molar-refractivity contribution in [3.8, 4) is 0 Å². The maximum absolute atomic E-state index is 13.0. The third-order valence-corrected chi connectivity index (χ3v) is 5.16. The molecule has 2 N–H and O–H groups in total. The van der Waals surface area contributed by atoms with Crippen LogP contribution in [-0.2, 0) is 17.8 Å². The van der Waals surface area contributed by atoms with Gasteiger partial charge in [-0.1, -0.05) is 18.2 Å². The average molecular weight is 412 g/mol. The van der Waals surface area contributed by atoms with E-state index in [2.05, 4.69) is 10.6 Å². The minimum Gasteiger partial charge on any atom is -0.377 e. The molecule has 3 aromatic rings. The largest absolute Gasteiger partial charge is 0.377 e. The summed E-state index contributed by atoms with van der Waals surface area (Å²) in [5.41, 5.74) is 2.54. The molecular formula is C22H22FN3O2S. The molecule has 0 fully saturated rings. The predicted octanol–water partition coefficient (Wildman–Crippen LogP) is 4.06. The van der Waals surface area contributed by atoms with Crippen molar-refractivity contribution < 1.29 is 14.0 Å². The molecule has 0 radical (unpaired) electrons. The molecule has 29 heavy (non-hydrogen) atoms. The van der Waals surface area contributed by atoms with E-state index in [1.54, 1.807) is 30.3 Å². The van der Waals surface area contributed by atoms with Crippen LogP contribution in [0.5, 0.6) is 0 Å². The van der Waals surface area contributed by atoms with Gasteiger partial charge in [0.2, 0.25) is 5.91 Å². The van der Waals surface area contributed by atoms with Crippen molar-refractivity contribution in [1.82, 2.24) is 5.32 Å². The first-order chi connectivity index (χ1) is 13.9. The molecule has 7 heteroatoms. The van der Waals surface area contributed by atoms with E-state index < -0.39 is 0 Å². The van der Waals surface area contributed by atoms with Gasteiger partial charge in [-0.05, 0) is 47.3 Å². The topological polar surface area (TPSA) is 61.4 Å². The van der Waals surface area contributed by atoms with Crippen LogP contribution in [0, 0.1) is 5.82 Å². The maximum Gasteiger partial charge on any atom is 0.253 e. The second-order valence-electron chi connectivity index (χ2n) is 6.74. The number of halogens is 1. The fourth-order valence-corrected chi connectivity index (χ4v) is 3.55. The molecule has 0 aliphatic carbocycles. The number of nitrogens with zero attached hydrogens (tertiary/aromatic N) is 1. The standard InChI is InChI=1S/C22H22FN3O2S/c1-26(2)20-10-9-17(25-21(27)13-18-4-3-11-29-18)12-19(20)22(28)24-14-15-5-7-16(23)8-6-15/h3-12H,13-14H2,1-2H3,(H,24,28)(H,25,27). The number of amides is 2. The molecule has 2 amide bonds. The Balaban J connectivity index is 1.72. The third-order valence-electron chi connectivity index (χ3n) is 4.29. The Morgan fingerprint density at radius 3 is 2.48 bits per heavy atom. The zero-order valence-corrected chi connectivity index (χ0v) is 17.1. The lowest BCUT2D eigenvalue weighted by molar-refractivity contribution is -0.115. The van der Waals surface area contributed by atoms with Crippen molar-refractivity contribution in [1.29, 1.82) is 0 Å². The van der Waals surface area contributed by atoms with Crippen LogP contribution in [0.2, 0.25) is 0 Å². The van der Waals surface area contributed by atoms with Gasteiger partial charge in [0, 0.05) is 36.9 Å². The SMILES string of the molecule is CN(C)c1ccc(NC(=O)Cc2cccs2)cc1C(=O)NCc1ccc(F)cc1. The van der Waals surface area contributed by atoms with Crippen LogP contribution < -0.4 is 15.5 Å². The lowest BCUT2D eigenvalue weighted by Gasteiger charge is -2.18. The first-order valence-electron chi connectivity index (χ1n) is 9.08. The zero-order valence-electron chi connectivity index (χ0n) is 16.2. The number of nitrogens with one attached hydrogen (secondary N) is 2. The van der Waals surface area contributed by atoms with Gasteiger partial charge in [-0.2, -0.15) is 0 Å². The van der Waals surface area contributed by atoms with E-state index in [1.807, 2.05) is 36.5 Å². The summed E-state index contributed by atoms with van der Waals surface area (Å²) in [5.74, 6) is -0.726. The Morgan fingerprint density at radius 2 is 1.83 bits per heavy atom. The minimum atomic E-state index is -0.319. The minimum absolute atomic E-state index is 0.136. The van der Waals surface area contributed by atoms with Crippen molar-refractivity contribution in [2.24, 2.45) is 0 Å². The second-order valence-corrected chi connectivity index (χ2v) is 7.77. The summed E-state index contributed by atoms with van der Waals surface area (Å²) < 4.78 is 13.0. The van der Waals surface area contributed by atoms with Crippen LogP contribution in [0.1, 0.15) is 20.8 Å². The molecule has 1 heterocycles. The lowest BCUT2D eigenvalue weighted by atomic mass is 10.1. The fourth-order valence-electron chi connectivity index (χ4n) is 2.84. The van der Waals surface area contributed by atoms with E-state index in [-0.39, 0.29) is 24.2 Å². The van der Waals surface area contributed by atoms with Gasteiger partial charge < -0.3 is 15.5 Å². The molecule has 1 aromatic heterocycles. The summed E-state index contributed by atoms with van der Waals surface area (Å²) in [7, 11) is 3.70. The van der Waals surface area contributed by atoms with E-state index in [0.29, 0.717) is 17.7 Å². The van der Waals surface area contributed by atoms with Gasteiger partial charge in [-0.3, -0.25) is 9.59 Å². The van der Waals surface area contributed by atoms with E-state index >= 15 is 0 Å². The van der Waals surface area contributed by atoms with Gasteiger partial charge in [0.05, 0.1) is 12.0 Å². The molecule has 0 aliphatic rings. The summed E-state index contributed by atoms with van der Waals surface area (Å²) in [6.45, 7) is 0.279. The van der Waals surface area contributed by atoms with Crippen molar-refractivity contribution >= 4 is 34.5 Å². The Bertz CT molecular complexity index is 986. The molecule has 0 spiro atoms. The highest BCUT2D eigenvalue weighted by molar-refractivity contribution is 7.10. The first-order valence-corrected chi connectivity index (χ1v) is 9.96. The van der Waals surface area contributed by atoms with Crippen LogP contribution >= 0.6 is 11.3 Å². The van der Waals surface area contributed by atoms with Crippen molar-refractivity contribution in [3.63, 3.8) is 0 Å². The number of hydrogen-bond acceptors (Lipinski definition) is 4. The van der Waals surface area contributed by atoms with E-state index in [4.69, 9.17) is 0 Å². The van der Waals surface area contributed by atoms with Crippen molar-refractivity contribution in [3.05, 3.63) is 81.8 Å². The molecular weight excluding hydrogens is 389 g/mol. The van der Waals surface area contributed by atoms with Gasteiger partial charge in [0.1, 0.15) is 5.82 Å². The number of carbonyl (C=O) groups is 2. The number of anilines is 2. The van der Waals surface area contributed by atoms with Crippen LogP contribution in [0.4, 0.5) is 15.8 Å². The summed E-state index contributed by atoms with van der Waals surface area (Å²) in [5, 5.41) is 7.63. The van der Waals surface area contributed by atoms with Gasteiger partial charge in [0.25, 0.3) is 5.91 Å². The predicted molar refractivity (Wildman–Crippen MR) is 115 cm³/mol. The smallest absolute Gasteiger partial charge is 0.253 e. The monoisotopic (exact) mass is 411 g/mol. The molecule has 5 nitrogen and oxygen atoms in total. The molecule has 0 saturated heterocycles. The maximum atomic E-state index is 13.0. The Morgan fingerprint density at radius 1 is 1.07 bits per heavy atom. The van der Waals surface area contributed by atoms with Crippen LogP contribution in [0.3, 0.4) is 0 Å². The van der Waals surface area contributed by atoms with Gasteiger partial charge in [0.15, 0.2) is 0 Å². The van der Waals surface area contributed by atoms with Crippen LogP contribution in [0.15, 0.2) is 60.0 Å². The summed E-state index contributed by atoms with van der Waals surface area (Å²) in [6, 6.07) is 15.0. The highest BCUT2D eigenvalue weighted by Crippen LogP contribution is 2.23. The quantitative estimate of drug-likeness (QED) is 0.616. The molecule has 150 valence electrons. The second kappa shape index (κ2) is 9.34. The van der Waals surface area contributed by atoms with E-state index in [0.717, 1.165) is 16.1 Å². The average Bonchev–Trinajstić information content (AvgIpc) is 3.20. The summed E-state index contributed by atoms with van der Waals surface area (Å²) in [6.07, 6.45) is 0.291. The van der Waals surface area contributed by atoms with Gasteiger partial charge in [-0.25, -0.2) is 4.39 Å². The highest BCUT2D eigenvalue weighted by atomic mass is 32.1. The Hall–Kier alpha value is -3.19. The molecule has 0 saturated carbocycles. The number of thiophene rings is 1. The molecule has 0 atom stereocenters. The van der Waals surface area contributed by atoms with E-state index in [1.165, 1.54) is 23.5 Å². The number of rotatable bonds is 7. The highest BCUT2D eigenvalue weighted by Gasteiger charge is 2.15. The Labute approximate surface area is 173 Å². The van der Waals surface area contributed by atoms with E-state index in [9.17, 15) is 14.0 Å². The van der Waals surface area contributed by atoms with Crippen molar-refractivity contribution in [2.75, 3.05) is 24.3 Å². The third kappa shape index (κ3) is 5.65. The zero-order chi connectivity index (χ0) is 20.8. The first kappa shape index (κ1) is 20.5. The number of benzene rings is 2. The Kier molecular flexibility index (Phi) is 6.61. The number of carbonyl (C=O) groups excluding carboxylic acids is 2. The van der Waals surface area contributed by atoms with Crippen molar-refractivity contribution in [2.45, 2.75) is 13.0 Å². The molecule has 2 aromatic carbocycles. The molecule has 3 rings (SSSR count). The van der Waals surface area contributed by atoms with Gasteiger partial charge in [-0.15, -0.1) is 11.3 Å². The summed E-state index contributed by atoms with van der Waals surface area (Å²) >= 11 is 1.53. The fraction of sp³-hybridized carbons (Fsp3) is 0.182.